The van der Waals surface area contributed by atoms with E-state index in [1.54, 1.807) is 12.3 Å². The Morgan fingerprint density at radius 2 is 2.11 bits per heavy atom. The van der Waals surface area contributed by atoms with Crippen molar-refractivity contribution in [3.8, 4) is 0 Å². The number of anilines is 1. The highest BCUT2D eigenvalue weighted by Gasteiger charge is 2.04. The van der Waals surface area contributed by atoms with Gasteiger partial charge in [-0.25, -0.2) is 9.78 Å². The molecule has 19 heavy (non-hydrogen) atoms. The zero-order valence-corrected chi connectivity index (χ0v) is 10.1. The van der Waals surface area contributed by atoms with E-state index in [1.165, 1.54) is 0 Å². The third kappa shape index (κ3) is 3.67. The summed E-state index contributed by atoms with van der Waals surface area (Å²) < 4.78 is 4.85. The van der Waals surface area contributed by atoms with Crippen LogP contribution in [0.3, 0.4) is 0 Å². The maximum absolute atomic E-state index is 11.4. The molecule has 0 aliphatic carbocycles. The highest BCUT2D eigenvalue weighted by Crippen LogP contribution is 2.15. The second kappa shape index (κ2) is 6.34. The second-order valence-electron chi connectivity index (χ2n) is 3.75. The number of carbonyl (C=O) groups is 2. The van der Waals surface area contributed by atoms with E-state index in [0.717, 1.165) is 10.8 Å². The predicted molar refractivity (Wildman–Crippen MR) is 70.8 cm³/mol. The van der Waals surface area contributed by atoms with E-state index >= 15 is 0 Å². The Hall–Kier alpha value is -2.63. The molecule has 1 heterocycles. The van der Waals surface area contributed by atoms with Crippen molar-refractivity contribution < 1.29 is 14.3 Å². The van der Waals surface area contributed by atoms with Gasteiger partial charge in [0.05, 0.1) is 6.54 Å². The Kier molecular flexibility index (Phi) is 4.28. The largest absolute Gasteiger partial charge is 0.447 e. The Bertz CT molecular complexity index is 586. The lowest BCUT2D eigenvalue weighted by molar-refractivity contribution is -0.109. The highest BCUT2D eigenvalue weighted by atomic mass is 16.5. The fourth-order valence-corrected chi connectivity index (χ4v) is 1.55. The lowest BCUT2D eigenvalue weighted by atomic mass is 10.2. The van der Waals surface area contributed by atoms with Gasteiger partial charge in [-0.3, -0.25) is 10.1 Å². The fourth-order valence-electron chi connectivity index (χ4n) is 1.55. The first-order valence-corrected chi connectivity index (χ1v) is 5.75. The summed E-state index contributed by atoms with van der Waals surface area (Å²) in [6.45, 7) is 0.389. The highest BCUT2D eigenvalue weighted by molar-refractivity contribution is 5.89. The molecule has 0 fully saturated rings. The van der Waals surface area contributed by atoms with Gasteiger partial charge in [-0.15, -0.1) is 0 Å². The monoisotopic (exact) mass is 259 g/mol. The van der Waals surface area contributed by atoms with Crippen LogP contribution in [0, 0.1) is 0 Å². The number of rotatable bonds is 5. The van der Waals surface area contributed by atoms with Gasteiger partial charge in [0.25, 0.3) is 0 Å². The number of nitrogens with zero attached hydrogens (tertiary/aromatic N) is 1. The molecule has 0 saturated heterocycles. The minimum absolute atomic E-state index is 0.109. The quantitative estimate of drug-likeness (QED) is 0.630. The molecule has 0 saturated carbocycles. The average molecular weight is 259 g/mol. The van der Waals surface area contributed by atoms with Gasteiger partial charge in [0.1, 0.15) is 12.4 Å². The van der Waals surface area contributed by atoms with E-state index in [-0.39, 0.29) is 13.2 Å². The van der Waals surface area contributed by atoms with E-state index in [4.69, 9.17) is 4.74 Å². The van der Waals surface area contributed by atoms with Crippen LogP contribution in [0.25, 0.3) is 10.8 Å². The third-order valence-corrected chi connectivity index (χ3v) is 2.42. The zero-order chi connectivity index (χ0) is 13.5. The summed E-state index contributed by atoms with van der Waals surface area (Å²) in [4.78, 5) is 25.5. The van der Waals surface area contributed by atoms with E-state index in [2.05, 4.69) is 15.6 Å². The predicted octanol–water partition coefficient (Wildman–Crippen LogP) is 1.53. The number of amides is 2. The van der Waals surface area contributed by atoms with Gasteiger partial charge >= 0.3 is 6.09 Å². The number of nitrogens with one attached hydrogen (secondary N) is 2. The van der Waals surface area contributed by atoms with Crippen LogP contribution in [-0.2, 0) is 9.53 Å². The Morgan fingerprint density at radius 3 is 2.89 bits per heavy atom. The van der Waals surface area contributed by atoms with Crippen LogP contribution in [0.1, 0.15) is 0 Å². The van der Waals surface area contributed by atoms with Crippen LogP contribution in [0.5, 0.6) is 0 Å². The molecule has 0 spiro atoms. The summed E-state index contributed by atoms with van der Waals surface area (Å²) in [6.07, 6.45) is 1.63. The molecule has 0 radical (unpaired) electrons. The zero-order valence-electron chi connectivity index (χ0n) is 10.1. The van der Waals surface area contributed by atoms with Crippen LogP contribution in [-0.4, -0.2) is 30.6 Å². The van der Waals surface area contributed by atoms with Crippen molar-refractivity contribution in [3.05, 3.63) is 36.5 Å². The van der Waals surface area contributed by atoms with Crippen molar-refractivity contribution in [1.29, 1.82) is 0 Å². The second-order valence-corrected chi connectivity index (χ2v) is 3.75. The van der Waals surface area contributed by atoms with Crippen molar-refractivity contribution in [2.75, 3.05) is 18.5 Å². The third-order valence-electron chi connectivity index (χ3n) is 2.42. The van der Waals surface area contributed by atoms with E-state index in [9.17, 15) is 9.59 Å². The lowest BCUT2D eigenvalue weighted by Gasteiger charge is -2.06. The number of carbonyl (C=O) groups excluding carboxylic acids is 2. The molecule has 1 aromatic heterocycles. The number of fused-ring (bicyclic) bond motifs is 1. The van der Waals surface area contributed by atoms with Crippen LogP contribution in [0.4, 0.5) is 10.6 Å². The van der Waals surface area contributed by atoms with Crippen molar-refractivity contribution in [1.82, 2.24) is 10.3 Å². The van der Waals surface area contributed by atoms with Gasteiger partial charge in [0, 0.05) is 11.6 Å². The normalized spacial score (nSPS) is 9.89. The molecule has 2 rings (SSSR count). The molecule has 0 aliphatic rings. The molecule has 0 unspecified atom stereocenters. The van der Waals surface area contributed by atoms with Crippen LogP contribution >= 0.6 is 0 Å². The van der Waals surface area contributed by atoms with Gasteiger partial charge in [-0.1, -0.05) is 24.3 Å². The first-order valence-electron chi connectivity index (χ1n) is 5.75. The Balaban J connectivity index is 1.93. The molecule has 0 bridgehead atoms. The topological polar surface area (TPSA) is 80.3 Å². The number of hydrogen-bond donors (Lipinski definition) is 2. The van der Waals surface area contributed by atoms with Gasteiger partial charge in [0.2, 0.25) is 6.41 Å². The SMILES string of the molecule is O=CNCCOC(=O)Nc1cc2ccccc2cn1. The molecule has 1 aromatic carbocycles. The minimum Gasteiger partial charge on any atom is -0.447 e. The summed E-state index contributed by atoms with van der Waals surface area (Å²) in [5.41, 5.74) is 0. The van der Waals surface area contributed by atoms with Gasteiger partial charge in [-0.05, 0) is 11.5 Å². The number of pyridine rings is 1. The van der Waals surface area contributed by atoms with Crippen molar-refractivity contribution in [3.63, 3.8) is 0 Å². The van der Waals surface area contributed by atoms with Crippen molar-refractivity contribution >= 4 is 29.1 Å². The molecule has 0 aliphatic heterocycles. The Labute approximate surface area is 109 Å². The maximum Gasteiger partial charge on any atom is 0.412 e. The average Bonchev–Trinajstić information content (AvgIpc) is 2.43. The van der Waals surface area contributed by atoms with Gasteiger partial charge < -0.3 is 10.1 Å². The fraction of sp³-hybridized carbons (Fsp3) is 0.154. The smallest absolute Gasteiger partial charge is 0.412 e. The van der Waals surface area contributed by atoms with E-state index < -0.39 is 6.09 Å². The number of benzene rings is 1. The maximum atomic E-state index is 11.4. The minimum atomic E-state index is -0.601. The summed E-state index contributed by atoms with van der Waals surface area (Å²) in [6, 6.07) is 9.47. The number of hydrogen-bond acceptors (Lipinski definition) is 4. The molecule has 0 atom stereocenters. The van der Waals surface area contributed by atoms with Crippen LogP contribution in [0.15, 0.2) is 36.5 Å². The first-order chi connectivity index (χ1) is 9.29. The van der Waals surface area contributed by atoms with Crippen molar-refractivity contribution in [2.45, 2.75) is 0 Å². The molecule has 6 nitrogen and oxygen atoms in total. The molecule has 2 aromatic rings. The summed E-state index contributed by atoms with van der Waals surface area (Å²) in [7, 11) is 0. The number of aromatic nitrogens is 1. The lowest BCUT2D eigenvalue weighted by Crippen LogP contribution is -2.22. The first kappa shape index (κ1) is 12.8. The molecular weight excluding hydrogens is 246 g/mol. The molecular formula is C13H13N3O3. The van der Waals surface area contributed by atoms with Gasteiger partial charge in [-0.2, -0.15) is 0 Å². The van der Waals surface area contributed by atoms with Crippen LogP contribution < -0.4 is 10.6 Å². The summed E-state index contributed by atoms with van der Waals surface area (Å²) >= 11 is 0. The number of ether oxygens (including phenoxy) is 1. The van der Waals surface area contributed by atoms with Gasteiger partial charge in [0.15, 0.2) is 0 Å². The van der Waals surface area contributed by atoms with Crippen LogP contribution in [0.2, 0.25) is 0 Å². The molecule has 98 valence electrons. The molecule has 2 amide bonds. The van der Waals surface area contributed by atoms with Crippen molar-refractivity contribution in [2.24, 2.45) is 0 Å². The molecule has 6 heteroatoms. The Morgan fingerprint density at radius 1 is 1.32 bits per heavy atom. The van der Waals surface area contributed by atoms with E-state index in [1.807, 2.05) is 24.3 Å². The summed E-state index contributed by atoms with van der Waals surface area (Å²) in [5, 5.41) is 6.89. The van der Waals surface area contributed by atoms with E-state index in [0.29, 0.717) is 12.2 Å². The molecule has 2 N–H and O–H groups in total. The standard InChI is InChI=1S/C13H13N3O3/c17-9-14-5-6-19-13(18)16-12-7-10-3-1-2-4-11(10)8-15-12/h1-4,7-9H,5-6H2,(H,14,17)(H,15,16,18). The summed E-state index contributed by atoms with van der Waals surface area (Å²) in [5.74, 6) is 0.423.